The van der Waals surface area contributed by atoms with Gasteiger partial charge in [0.2, 0.25) is 5.96 Å². The van der Waals surface area contributed by atoms with Crippen molar-refractivity contribution in [2.75, 3.05) is 19.8 Å². The number of hydrogen-bond donors (Lipinski definition) is 2. The van der Waals surface area contributed by atoms with Crippen LogP contribution in [0.3, 0.4) is 0 Å². The second-order valence-corrected chi connectivity index (χ2v) is 4.50. The minimum absolute atomic E-state index is 0.279. The molecule has 0 aromatic heterocycles. The molecule has 2 aliphatic rings. The van der Waals surface area contributed by atoms with Crippen LogP contribution >= 0.6 is 0 Å². The van der Waals surface area contributed by atoms with Crippen molar-refractivity contribution in [2.45, 2.75) is 25.9 Å². The number of ether oxygens (including phenoxy) is 2. The van der Waals surface area contributed by atoms with E-state index in [0.717, 1.165) is 37.3 Å². The highest BCUT2D eigenvalue weighted by Crippen LogP contribution is 2.18. The van der Waals surface area contributed by atoms with Crippen LogP contribution in [-0.2, 0) is 9.47 Å². The molecule has 2 N–H and O–H groups in total. The van der Waals surface area contributed by atoms with Crippen molar-refractivity contribution < 1.29 is 9.47 Å². The Morgan fingerprint density at radius 3 is 3.16 bits per heavy atom. The van der Waals surface area contributed by atoms with Crippen molar-refractivity contribution in [3.05, 3.63) is 36.4 Å². The van der Waals surface area contributed by atoms with E-state index in [-0.39, 0.29) is 6.10 Å². The first-order chi connectivity index (χ1) is 9.20. The first kappa shape index (κ1) is 13.7. The van der Waals surface area contributed by atoms with Gasteiger partial charge in [-0.15, -0.1) is 0 Å². The maximum atomic E-state index is 5.54. The zero-order valence-corrected chi connectivity index (χ0v) is 11.4. The Bertz CT molecular complexity index is 420. The van der Waals surface area contributed by atoms with Gasteiger partial charge >= 0.3 is 0 Å². The minimum atomic E-state index is 0.279. The highest BCUT2D eigenvalue weighted by atomic mass is 16.5. The first-order valence-electron chi connectivity index (χ1n) is 6.62. The molecule has 19 heavy (non-hydrogen) atoms. The predicted molar refractivity (Wildman–Crippen MR) is 75.5 cm³/mol. The number of hydrogen-bond acceptors (Lipinski definition) is 5. The van der Waals surface area contributed by atoms with E-state index in [2.05, 4.69) is 28.8 Å². The molecule has 5 nitrogen and oxygen atoms in total. The Balaban J connectivity index is 1.89. The molecule has 0 aromatic rings. The van der Waals surface area contributed by atoms with E-state index in [1.165, 1.54) is 0 Å². The van der Waals surface area contributed by atoms with Gasteiger partial charge in [0.15, 0.2) is 0 Å². The molecular formula is C14H21N3O2. The van der Waals surface area contributed by atoms with Gasteiger partial charge in [0.25, 0.3) is 0 Å². The third kappa shape index (κ3) is 3.61. The second-order valence-electron chi connectivity index (χ2n) is 4.50. The molecular weight excluding hydrogens is 242 g/mol. The highest BCUT2D eigenvalue weighted by Gasteiger charge is 2.18. The molecule has 0 spiro atoms. The van der Waals surface area contributed by atoms with Crippen LogP contribution in [0.25, 0.3) is 0 Å². The smallest absolute Gasteiger partial charge is 0.200 e. The summed E-state index contributed by atoms with van der Waals surface area (Å²) in [7, 11) is 0. The van der Waals surface area contributed by atoms with Crippen LogP contribution < -0.4 is 10.6 Å². The van der Waals surface area contributed by atoms with E-state index in [9.17, 15) is 0 Å². The largest absolute Gasteiger partial charge is 0.494 e. The van der Waals surface area contributed by atoms with Gasteiger partial charge in [0.1, 0.15) is 5.76 Å². The van der Waals surface area contributed by atoms with Gasteiger partial charge < -0.3 is 20.1 Å². The van der Waals surface area contributed by atoms with Gasteiger partial charge in [-0.05, 0) is 19.8 Å². The average Bonchev–Trinajstić information content (AvgIpc) is 2.89. The molecule has 2 heterocycles. The summed E-state index contributed by atoms with van der Waals surface area (Å²) in [6, 6.07) is 0. The van der Waals surface area contributed by atoms with Crippen molar-refractivity contribution in [2.24, 2.45) is 4.99 Å². The van der Waals surface area contributed by atoms with Crippen LogP contribution in [0.15, 0.2) is 41.4 Å². The van der Waals surface area contributed by atoms with E-state index in [1.807, 2.05) is 6.92 Å². The Morgan fingerprint density at radius 2 is 2.53 bits per heavy atom. The standard InChI is InChI=1S/C14H21N3O2/c1-4-18-11(3)13-9-16-14(17-10(13)2)15-8-12-6-5-7-19-12/h9,12H,2-8H2,1H3,(H2,15,16,17). The summed E-state index contributed by atoms with van der Waals surface area (Å²) in [6.07, 6.45) is 4.23. The molecule has 1 unspecified atom stereocenters. The fourth-order valence-corrected chi connectivity index (χ4v) is 2.05. The van der Waals surface area contributed by atoms with Crippen LogP contribution in [-0.4, -0.2) is 31.8 Å². The number of nitrogens with one attached hydrogen (secondary N) is 2. The van der Waals surface area contributed by atoms with E-state index in [0.29, 0.717) is 18.3 Å². The van der Waals surface area contributed by atoms with Crippen LogP contribution in [0.4, 0.5) is 0 Å². The fraction of sp³-hybridized carbons (Fsp3) is 0.500. The summed E-state index contributed by atoms with van der Waals surface area (Å²) in [6.45, 7) is 11.9. The molecule has 0 amide bonds. The second kappa shape index (κ2) is 6.43. The predicted octanol–water partition coefficient (Wildman–Crippen LogP) is 1.66. The molecule has 104 valence electrons. The van der Waals surface area contributed by atoms with Crippen LogP contribution in [0.5, 0.6) is 0 Å². The minimum Gasteiger partial charge on any atom is -0.494 e. The summed E-state index contributed by atoms with van der Waals surface area (Å²) < 4.78 is 10.9. The summed E-state index contributed by atoms with van der Waals surface area (Å²) in [5, 5.41) is 6.33. The maximum Gasteiger partial charge on any atom is 0.200 e. The Kier molecular flexibility index (Phi) is 4.63. The molecule has 5 heteroatoms. The summed E-state index contributed by atoms with van der Waals surface area (Å²) >= 11 is 0. The number of nitrogens with zero attached hydrogens (tertiary/aromatic N) is 1. The van der Waals surface area contributed by atoms with Gasteiger partial charge in [-0.3, -0.25) is 0 Å². The third-order valence-corrected chi connectivity index (χ3v) is 3.06. The van der Waals surface area contributed by atoms with Crippen LogP contribution in [0, 0.1) is 0 Å². The highest BCUT2D eigenvalue weighted by molar-refractivity contribution is 5.84. The first-order valence-corrected chi connectivity index (χ1v) is 6.62. The van der Waals surface area contributed by atoms with Crippen LogP contribution in [0.2, 0.25) is 0 Å². The molecule has 0 saturated carbocycles. The van der Waals surface area contributed by atoms with Crippen molar-refractivity contribution >= 4 is 5.96 Å². The lowest BCUT2D eigenvalue weighted by Gasteiger charge is -2.21. The molecule has 0 radical (unpaired) electrons. The number of guanidine groups is 1. The lowest BCUT2D eigenvalue weighted by molar-refractivity contribution is 0.114. The van der Waals surface area contributed by atoms with Crippen LogP contribution in [0.1, 0.15) is 19.8 Å². The quantitative estimate of drug-likeness (QED) is 0.741. The Morgan fingerprint density at radius 1 is 1.68 bits per heavy atom. The monoisotopic (exact) mass is 263 g/mol. The van der Waals surface area contributed by atoms with Crippen molar-refractivity contribution in [1.29, 1.82) is 0 Å². The molecule has 1 atom stereocenters. The van der Waals surface area contributed by atoms with Gasteiger partial charge in [0.05, 0.1) is 18.3 Å². The van der Waals surface area contributed by atoms with E-state index < -0.39 is 0 Å². The number of aliphatic imine (C=N–C) groups is 1. The fourth-order valence-electron chi connectivity index (χ4n) is 2.05. The van der Waals surface area contributed by atoms with Gasteiger partial charge in [-0.2, -0.15) is 0 Å². The molecule has 1 saturated heterocycles. The SMILES string of the molecule is C=C1NC(NCC2CCCO2)=NC=C1C(=C)OCC. The Labute approximate surface area is 114 Å². The summed E-state index contributed by atoms with van der Waals surface area (Å²) in [4.78, 5) is 4.30. The van der Waals surface area contributed by atoms with E-state index >= 15 is 0 Å². The summed E-state index contributed by atoms with van der Waals surface area (Å²) in [5.41, 5.74) is 1.54. The zero-order chi connectivity index (χ0) is 13.7. The van der Waals surface area contributed by atoms with Gasteiger partial charge in [-0.1, -0.05) is 13.2 Å². The lowest BCUT2D eigenvalue weighted by Crippen LogP contribution is -2.41. The molecule has 0 aromatic carbocycles. The van der Waals surface area contributed by atoms with Crippen molar-refractivity contribution in [3.63, 3.8) is 0 Å². The van der Waals surface area contributed by atoms with E-state index in [4.69, 9.17) is 9.47 Å². The molecule has 2 aliphatic heterocycles. The third-order valence-electron chi connectivity index (χ3n) is 3.06. The summed E-state index contributed by atoms with van der Waals surface area (Å²) in [5.74, 6) is 1.27. The topological polar surface area (TPSA) is 54.9 Å². The Hall–Kier alpha value is -1.75. The lowest BCUT2D eigenvalue weighted by atomic mass is 10.2. The molecule has 0 bridgehead atoms. The van der Waals surface area contributed by atoms with Gasteiger partial charge in [0, 0.05) is 25.0 Å². The zero-order valence-electron chi connectivity index (χ0n) is 11.4. The van der Waals surface area contributed by atoms with Crippen molar-refractivity contribution in [3.8, 4) is 0 Å². The molecule has 1 fully saturated rings. The van der Waals surface area contributed by atoms with Gasteiger partial charge in [-0.25, -0.2) is 4.99 Å². The number of rotatable bonds is 5. The van der Waals surface area contributed by atoms with E-state index in [1.54, 1.807) is 6.20 Å². The molecule has 2 rings (SSSR count). The maximum absolute atomic E-state index is 5.54. The normalized spacial score (nSPS) is 22.4. The molecule has 0 aliphatic carbocycles. The average molecular weight is 263 g/mol. The van der Waals surface area contributed by atoms with Crippen molar-refractivity contribution in [1.82, 2.24) is 10.6 Å².